The molecule has 0 fully saturated rings. The highest BCUT2D eigenvalue weighted by atomic mass is 16.5. The third kappa shape index (κ3) is 2.92. The quantitative estimate of drug-likeness (QED) is 0.771. The van der Waals surface area contributed by atoms with Crippen molar-refractivity contribution in [1.82, 2.24) is 0 Å². The second-order valence-electron chi connectivity index (χ2n) is 4.16. The van der Waals surface area contributed by atoms with E-state index < -0.39 is 0 Å². The van der Waals surface area contributed by atoms with Gasteiger partial charge in [0, 0.05) is 11.6 Å². The van der Waals surface area contributed by atoms with Crippen LogP contribution in [0, 0.1) is 0 Å². The highest BCUT2D eigenvalue weighted by Gasteiger charge is 2.14. The lowest BCUT2D eigenvalue weighted by atomic mass is 9.95. The average molecular weight is 195 g/mol. The summed E-state index contributed by atoms with van der Waals surface area (Å²) in [6, 6.07) is 5.25. The van der Waals surface area contributed by atoms with E-state index in [0.29, 0.717) is 12.2 Å². The fourth-order valence-electron chi connectivity index (χ4n) is 1.31. The molecular weight excluding hydrogens is 178 g/mol. The Kier molecular flexibility index (Phi) is 3.01. The summed E-state index contributed by atoms with van der Waals surface area (Å²) in [4.78, 5) is 0. The van der Waals surface area contributed by atoms with Crippen LogP contribution < -0.4 is 10.5 Å². The molecule has 0 radical (unpaired) electrons. The first kappa shape index (κ1) is 10.9. The molecule has 0 saturated carbocycles. The number of benzene rings is 1. The molecule has 1 rings (SSSR count). The van der Waals surface area contributed by atoms with E-state index in [1.54, 1.807) is 13.2 Å². The number of aromatic hydroxyl groups is 1. The summed E-state index contributed by atoms with van der Waals surface area (Å²) >= 11 is 0. The largest absolute Gasteiger partial charge is 0.508 e. The molecule has 0 aliphatic heterocycles. The molecule has 0 aliphatic rings. The fraction of sp³-hybridized carbons (Fsp3) is 0.455. The van der Waals surface area contributed by atoms with Crippen molar-refractivity contribution in [3.8, 4) is 11.5 Å². The van der Waals surface area contributed by atoms with E-state index in [1.165, 1.54) is 0 Å². The number of phenols is 1. The van der Waals surface area contributed by atoms with E-state index >= 15 is 0 Å². The van der Waals surface area contributed by atoms with Gasteiger partial charge in [-0.1, -0.05) is 6.07 Å². The zero-order chi connectivity index (χ0) is 10.8. The highest BCUT2D eigenvalue weighted by Crippen LogP contribution is 2.25. The second-order valence-corrected chi connectivity index (χ2v) is 4.16. The first-order valence-electron chi connectivity index (χ1n) is 4.57. The van der Waals surface area contributed by atoms with Gasteiger partial charge in [-0.25, -0.2) is 0 Å². The van der Waals surface area contributed by atoms with Crippen LogP contribution >= 0.6 is 0 Å². The molecule has 0 aliphatic carbocycles. The van der Waals surface area contributed by atoms with Gasteiger partial charge in [-0.05, 0) is 31.9 Å². The minimum atomic E-state index is -0.313. The lowest BCUT2D eigenvalue weighted by Gasteiger charge is -2.19. The van der Waals surface area contributed by atoms with Crippen LogP contribution in [-0.4, -0.2) is 17.8 Å². The summed E-state index contributed by atoms with van der Waals surface area (Å²) in [5.41, 5.74) is 6.40. The molecule has 14 heavy (non-hydrogen) atoms. The molecule has 0 aromatic heterocycles. The van der Waals surface area contributed by atoms with E-state index in [2.05, 4.69) is 0 Å². The van der Waals surface area contributed by atoms with Crippen LogP contribution in [0.2, 0.25) is 0 Å². The summed E-state index contributed by atoms with van der Waals surface area (Å²) < 4.78 is 4.99. The molecule has 3 nitrogen and oxygen atoms in total. The van der Waals surface area contributed by atoms with Crippen molar-refractivity contribution >= 4 is 0 Å². The first-order valence-corrected chi connectivity index (χ1v) is 4.57. The molecule has 0 saturated heterocycles. The maximum atomic E-state index is 9.65. The molecule has 0 unspecified atom stereocenters. The van der Waals surface area contributed by atoms with Crippen molar-refractivity contribution in [1.29, 1.82) is 0 Å². The summed E-state index contributed by atoms with van der Waals surface area (Å²) in [5, 5.41) is 9.65. The first-order chi connectivity index (χ1) is 6.42. The Morgan fingerprint density at radius 3 is 2.50 bits per heavy atom. The van der Waals surface area contributed by atoms with Crippen LogP contribution in [0.5, 0.6) is 11.5 Å². The van der Waals surface area contributed by atoms with Gasteiger partial charge in [0.1, 0.15) is 11.5 Å². The monoisotopic (exact) mass is 195 g/mol. The molecular formula is C11H17NO2. The molecule has 0 bridgehead atoms. The van der Waals surface area contributed by atoms with Crippen LogP contribution in [0.4, 0.5) is 0 Å². The summed E-state index contributed by atoms with van der Waals surface area (Å²) in [5.74, 6) is 0.893. The SMILES string of the molecule is COc1ccc(CC(C)(C)N)c(O)c1. The summed E-state index contributed by atoms with van der Waals surface area (Å²) in [7, 11) is 1.57. The van der Waals surface area contributed by atoms with Crippen LogP contribution in [0.25, 0.3) is 0 Å². The van der Waals surface area contributed by atoms with Gasteiger partial charge in [0.15, 0.2) is 0 Å². The maximum Gasteiger partial charge on any atom is 0.122 e. The molecule has 1 aromatic rings. The minimum absolute atomic E-state index is 0.239. The van der Waals surface area contributed by atoms with Crippen LogP contribution in [-0.2, 0) is 6.42 Å². The van der Waals surface area contributed by atoms with Crippen molar-refractivity contribution in [2.45, 2.75) is 25.8 Å². The average Bonchev–Trinajstić information content (AvgIpc) is 2.06. The van der Waals surface area contributed by atoms with E-state index in [9.17, 15) is 5.11 Å². The maximum absolute atomic E-state index is 9.65. The fourth-order valence-corrected chi connectivity index (χ4v) is 1.31. The van der Waals surface area contributed by atoms with Crippen LogP contribution in [0.1, 0.15) is 19.4 Å². The molecule has 78 valence electrons. The van der Waals surface area contributed by atoms with E-state index in [-0.39, 0.29) is 11.3 Å². The molecule has 0 spiro atoms. The molecule has 3 heteroatoms. The lowest BCUT2D eigenvalue weighted by molar-refractivity contribution is 0.404. The number of hydrogen-bond acceptors (Lipinski definition) is 3. The van der Waals surface area contributed by atoms with Gasteiger partial charge in [0.25, 0.3) is 0 Å². The Morgan fingerprint density at radius 1 is 1.43 bits per heavy atom. The predicted octanol–water partition coefficient (Wildman–Crippen LogP) is 1.68. The van der Waals surface area contributed by atoms with E-state index in [4.69, 9.17) is 10.5 Å². The smallest absolute Gasteiger partial charge is 0.122 e. The van der Waals surface area contributed by atoms with Gasteiger partial charge < -0.3 is 15.6 Å². The molecule has 1 aromatic carbocycles. The highest BCUT2D eigenvalue weighted by molar-refractivity contribution is 5.40. The Hall–Kier alpha value is -1.22. The van der Waals surface area contributed by atoms with Gasteiger partial charge in [-0.2, -0.15) is 0 Å². The van der Waals surface area contributed by atoms with Gasteiger partial charge >= 0.3 is 0 Å². The van der Waals surface area contributed by atoms with Gasteiger partial charge in [0.05, 0.1) is 7.11 Å². The topological polar surface area (TPSA) is 55.5 Å². The van der Waals surface area contributed by atoms with Crippen molar-refractivity contribution in [3.05, 3.63) is 23.8 Å². The number of hydrogen-bond donors (Lipinski definition) is 2. The zero-order valence-corrected chi connectivity index (χ0v) is 8.87. The normalized spacial score (nSPS) is 11.4. The standard InChI is InChI=1S/C11H17NO2/c1-11(2,12)7-8-4-5-9(14-3)6-10(8)13/h4-6,13H,7,12H2,1-3H3. The van der Waals surface area contributed by atoms with Gasteiger partial charge in [0.2, 0.25) is 0 Å². The number of nitrogens with two attached hydrogens (primary N) is 1. The van der Waals surface area contributed by atoms with Crippen molar-refractivity contribution in [3.63, 3.8) is 0 Å². The zero-order valence-electron chi connectivity index (χ0n) is 8.87. The second kappa shape index (κ2) is 3.88. The number of methoxy groups -OCH3 is 1. The molecule has 0 amide bonds. The lowest BCUT2D eigenvalue weighted by Crippen LogP contribution is -2.34. The van der Waals surface area contributed by atoms with Gasteiger partial charge in [-0.15, -0.1) is 0 Å². The predicted molar refractivity (Wildman–Crippen MR) is 56.6 cm³/mol. The Morgan fingerprint density at radius 2 is 2.07 bits per heavy atom. The van der Waals surface area contributed by atoms with Crippen LogP contribution in [0.3, 0.4) is 0 Å². The Balaban J connectivity index is 2.89. The van der Waals surface area contributed by atoms with Gasteiger partial charge in [-0.3, -0.25) is 0 Å². The molecule has 3 N–H and O–H groups in total. The van der Waals surface area contributed by atoms with Crippen molar-refractivity contribution < 1.29 is 9.84 Å². The Labute approximate surface area is 84.5 Å². The van der Waals surface area contributed by atoms with Crippen LogP contribution in [0.15, 0.2) is 18.2 Å². The summed E-state index contributed by atoms with van der Waals surface area (Å²) in [6.45, 7) is 3.85. The molecule has 0 heterocycles. The Bertz CT molecular complexity index is 316. The summed E-state index contributed by atoms with van der Waals surface area (Å²) in [6.07, 6.45) is 0.642. The number of phenolic OH excluding ortho intramolecular Hbond substituents is 1. The van der Waals surface area contributed by atoms with Crippen molar-refractivity contribution in [2.75, 3.05) is 7.11 Å². The third-order valence-corrected chi connectivity index (χ3v) is 1.94. The minimum Gasteiger partial charge on any atom is -0.508 e. The van der Waals surface area contributed by atoms with E-state index in [1.807, 2.05) is 26.0 Å². The van der Waals surface area contributed by atoms with Crippen molar-refractivity contribution in [2.24, 2.45) is 5.73 Å². The number of ether oxygens (including phenoxy) is 1. The van der Waals surface area contributed by atoms with E-state index in [0.717, 1.165) is 5.56 Å². The molecule has 0 atom stereocenters. The number of rotatable bonds is 3. The third-order valence-electron chi connectivity index (χ3n) is 1.94.